The van der Waals surface area contributed by atoms with Gasteiger partial charge in [-0.15, -0.1) is 0 Å². The number of hydrogen-bond donors (Lipinski definition) is 1. The van der Waals surface area contributed by atoms with Crippen molar-refractivity contribution >= 4 is 5.91 Å². The molecule has 2 aliphatic carbocycles. The second kappa shape index (κ2) is 6.42. The molecule has 1 saturated heterocycles. The zero-order valence-corrected chi connectivity index (χ0v) is 15.9. The molecule has 0 radical (unpaired) electrons. The van der Waals surface area contributed by atoms with Crippen LogP contribution >= 0.6 is 0 Å². The maximum atomic E-state index is 13.4. The summed E-state index contributed by atoms with van der Waals surface area (Å²) < 4.78 is 1.95. The highest BCUT2D eigenvalue weighted by Gasteiger charge is 2.43. The van der Waals surface area contributed by atoms with Crippen LogP contribution in [-0.4, -0.2) is 33.2 Å². The molecular formula is C20H32N4O. The van der Waals surface area contributed by atoms with Crippen molar-refractivity contribution in [2.75, 3.05) is 6.54 Å². The highest BCUT2D eigenvalue weighted by molar-refractivity contribution is 5.80. The summed E-state index contributed by atoms with van der Waals surface area (Å²) >= 11 is 0. The Morgan fingerprint density at radius 1 is 1.12 bits per heavy atom. The number of nitrogens with zero attached hydrogens (tertiary/aromatic N) is 3. The normalized spacial score (nSPS) is 35.2. The number of hydrogen-bond acceptors (Lipinski definition) is 3. The molecule has 25 heavy (non-hydrogen) atoms. The smallest absolute Gasteiger partial charge is 0.226 e. The van der Waals surface area contributed by atoms with Crippen LogP contribution in [0.5, 0.6) is 0 Å². The maximum absolute atomic E-state index is 13.4. The molecule has 2 bridgehead atoms. The number of carbonyl (C=O) groups is 1. The molecule has 1 aromatic rings. The van der Waals surface area contributed by atoms with E-state index in [1.54, 1.807) is 0 Å². The van der Waals surface area contributed by atoms with Crippen LogP contribution in [0.25, 0.3) is 0 Å². The molecule has 4 rings (SSSR count). The van der Waals surface area contributed by atoms with E-state index in [0.29, 0.717) is 23.8 Å². The minimum Gasteiger partial charge on any atom is -0.335 e. The Labute approximate surface area is 150 Å². The van der Waals surface area contributed by atoms with Crippen molar-refractivity contribution in [3.8, 4) is 0 Å². The lowest BCUT2D eigenvalue weighted by atomic mass is 9.65. The van der Waals surface area contributed by atoms with Gasteiger partial charge in [0.1, 0.15) is 0 Å². The van der Waals surface area contributed by atoms with Crippen LogP contribution in [0.4, 0.5) is 0 Å². The van der Waals surface area contributed by atoms with Gasteiger partial charge in [0.15, 0.2) is 0 Å². The first kappa shape index (κ1) is 17.1. The summed E-state index contributed by atoms with van der Waals surface area (Å²) in [5.74, 6) is 1.69. The van der Waals surface area contributed by atoms with E-state index in [1.165, 1.54) is 30.5 Å². The number of aryl methyl sites for hydroxylation is 2. The Morgan fingerprint density at radius 2 is 1.80 bits per heavy atom. The van der Waals surface area contributed by atoms with E-state index in [-0.39, 0.29) is 12.0 Å². The monoisotopic (exact) mass is 344 g/mol. The standard InChI is InChI=1S/C20H32N4O/c1-12-18(13(2)23(3)22-12)17-8-5-9-24(17)20(25)16-10-14-6-4-7-15(11-16)19(14)21/h14-17,19H,4-11,21H2,1-3H3. The van der Waals surface area contributed by atoms with E-state index in [9.17, 15) is 4.79 Å². The molecule has 2 N–H and O–H groups in total. The summed E-state index contributed by atoms with van der Waals surface area (Å²) in [6, 6.07) is 0.548. The van der Waals surface area contributed by atoms with Gasteiger partial charge in [-0.3, -0.25) is 9.48 Å². The molecule has 3 aliphatic rings. The third-order valence-electron chi connectivity index (χ3n) is 7.20. The zero-order chi connectivity index (χ0) is 17.7. The summed E-state index contributed by atoms with van der Waals surface area (Å²) in [4.78, 5) is 15.6. The molecule has 1 amide bonds. The number of fused-ring (bicyclic) bond motifs is 2. The number of aromatic nitrogens is 2. The van der Waals surface area contributed by atoms with Gasteiger partial charge in [-0.1, -0.05) is 6.42 Å². The molecule has 0 spiro atoms. The molecule has 2 saturated carbocycles. The Bertz CT molecular complexity index is 653. The summed E-state index contributed by atoms with van der Waals surface area (Å²) in [6.07, 6.45) is 7.90. The number of amides is 1. The van der Waals surface area contributed by atoms with E-state index >= 15 is 0 Å². The molecule has 1 aliphatic heterocycles. The largest absolute Gasteiger partial charge is 0.335 e. The first-order chi connectivity index (χ1) is 12.0. The summed E-state index contributed by atoms with van der Waals surface area (Å²) in [5.41, 5.74) is 9.98. The van der Waals surface area contributed by atoms with Gasteiger partial charge < -0.3 is 10.6 Å². The fourth-order valence-corrected chi connectivity index (χ4v) is 5.83. The number of likely N-dealkylation sites (tertiary alicyclic amines) is 1. The van der Waals surface area contributed by atoms with Gasteiger partial charge >= 0.3 is 0 Å². The van der Waals surface area contributed by atoms with Gasteiger partial charge in [0.05, 0.1) is 11.7 Å². The minimum atomic E-state index is 0.188. The quantitative estimate of drug-likeness (QED) is 0.897. The van der Waals surface area contributed by atoms with E-state index in [2.05, 4.69) is 23.8 Å². The van der Waals surface area contributed by atoms with Crippen molar-refractivity contribution in [1.29, 1.82) is 0 Å². The number of nitrogens with two attached hydrogens (primary N) is 1. The van der Waals surface area contributed by atoms with Crippen molar-refractivity contribution in [3.63, 3.8) is 0 Å². The Hall–Kier alpha value is -1.36. The van der Waals surface area contributed by atoms with E-state index in [0.717, 1.165) is 37.9 Å². The second-order valence-electron chi connectivity index (χ2n) is 8.59. The van der Waals surface area contributed by atoms with Gasteiger partial charge in [0.25, 0.3) is 0 Å². The van der Waals surface area contributed by atoms with E-state index in [1.807, 2.05) is 11.7 Å². The SMILES string of the molecule is Cc1nn(C)c(C)c1C1CCCN1C(=O)C1CC2CCCC(C1)C2N. The van der Waals surface area contributed by atoms with Crippen LogP contribution in [0, 0.1) is 31.6 Å². The second-order valence-corrected chi connectivity index (χ2v) is 8.59. The average Bonchev–Trinajstić information content (AvgIpc) is 3.11. The predicted octanol–water partition coefficient (Wildman–Crippen LogP) is 2.85. The molecule has 3 fully saturated rings. The van der Waals surface area contributed by atoms with E-state index < -0.39 is 0 Å². The van der Waals surface area contributed by atoms with Crippen molar-refractivity contribution in [2.45, 2.75) is 70.9 Å². The first-order valence-corrected chi connectivity index (χ1v) is 10.0. The summed E-state index contributed by atoms with van der Waals surface area (Å²) in [5, 5.41) is 4.58. The molecule has 1 aromatic heterocycles. The molecule has 5 nitrogen and oxygen atoms in total. The lowest BCUT2D eigenvalue weighted by Crippen LogP contribution is -2.49. The number of rotatable bonds is 2. The van der Waals surface area contributed by atoms with Crippen molar-refractivity contribution in [3.05, 3.63) is 17.0 Å². The van der Waals surface area contributed by atoms with Gasteiger partial charge in [-0.25, -0.2) is 0 Å². The molecular weight excluding hydrogens is 312 g/mol. The van der Waals surface area contributed by atoms with Crippen molar-refractivity contribution in [2.24, 2.45) is 30.5 Å². The van der Waals surface area contributed by atoms with Crippen LogP contribution in [-0.2, 0) is 11.8 Å². The minimum absolute atomic E-state index is 0.188. The van der Waals surface area contributed by atoms with Gasteiger partial charge in [-0.05, 0) is 64.2 Å². The molecule has 5 heteroatoms. The van der Waals surface area contributed by atoms with Gasteiger partial charge in [-0.2, -0.15) is 5.10 Å². The Kier molecular flexibility index (Phi) is 4.38. The average molecular weight is 345 g/mol. The lowest BCUT2D eigenvalue weighted by Gasteiger charge is -2.44. The van der Waals surface area contributed by atoms with Crippen LogP contribution in [0.2, 0.25) is 0 Å². The van der Waals surface area contributed by atoms with Crippen LogP contribution in [0.1, 0.15) is 67.9 Å². The fourth-order valence-electron chi connectivity index (χ4n) is 5.83. The third kappa shape index (κ3) is 2.80. The van der Waals surface area contributed by atoms with Crippen molar-refractivity contribution in [1.82, 2.24) is 14.7 Å². The molecule has 2 heterocycles. The highest BCUT2D eigenvalue weighted by atomic mass is 16.2. The Morgan fingerprint density at radius 3 is 2.40 bits per heavy atom. The molecule has 138 valence electrons. The van der Waals surface area contributed by atoms with Crippen molar-refractivity contribution < 1.29 is 4.79 Å². The van der Waals surface area contributed by atoms with Gasteiger partial charge in [0.2, 0.25) is 5.91 Å². The topological polar surface area (TPSA) is 64.2 Å². The summed E-state index contributed by atoms with van der Waals surface area (Å²) in [7, 11) is 2.00. The van der Waals surface area contributed by atoms with Crippen LogP contribution in [0.3, 0.4) is 0 Å². The number of carbonyl (C=O) groups excluding carboxylic acids is 1. The molecule has 3 unspecified atom stereocenters. The first-order valence-electron chi connectivity index (χ1n) is 10.0. The Balaban J connectivity index is 1.55. The van der Waals surface area contributed by atoms with Gasteiger partial charge in [0, 0.05) is 36.8 Å². The summed E-state index contributed by atoms with van der Waals surface area (Å²) in [6.45, 7) is 5.10. The zero-order valence-electron chi connectivity index (χ0n) is 15.9. The van der Waals surface area contributed by atoms with E-state index in [4.69, 9.17) is 5.73 Å². The molecule has 3 atom stereocenters. The maximum Gasteiger partial charge on any atom is 0.226 e. The fraction of sp³-hybridized carbons (Fsp3) is 0.800. The third-order valence-corrected chi connectivity index (χ3v) is 7.20. The predicted molar refractivity (Wildman–Crippen MR) is 97.9 cm³/mol. The van der Waals surface area contributed by atoms with Crippen LogP contribution in [0.15, 0.2) is 0 Å². The molecule has 0 aromatic carbocycles. The van der Waals surface area contributed by atoms with Crippen LogP contribution < -0.4 is 5.73 Å². The lowest BCUT2D eigenvalue weighted by molar-refractivity contribution is -0.139. The highest BCUT2D eigenvalue weighted by Crippen LogP contribution is 2.44.